The number of carbonyl (C=O) groups is 3. The summed E-state index contributed by atoms with van der Waals surface area (Å²) >= 11 is 1.40. The molecular weight excluding hydrogens is 1320 g/mol. The van der Waals surface area contributed by atoms with Crippen molar-refractivity contribution in [2.45, 2.75) is 32.5 Å². The van der Waals surface area contributed by atoms with Gasteiger partial charge in [0.05, 0.1) is 49.6 Å². The number of methoxy groups -OCH3 is 1. The van der Waals surface area contributed by atoms with Crippen LogP contribution in [0.25, 0.3) is 32.7 Å². The third-order valence-electron chi connectivity index (χ3n) is 18.1. The van der Waals surface area contributed by atoms with Crippen molar-refractivity contribution in [1.29, 1.82) is 0 Å². The highest BCUT2D eigenvalue weighted by atomic mass is 32.1. The molecule has 0 aliphatic carbocycles. The van der Waals surface area contributed by atoms with Crippen molar-refractivity contribution >= 4 is 95.9 Å². The Hall–Kier alpha value is -10.8. The number of pyridine rings is 3. The lowest BCUT2D eigenvalue weighted by molar-refractivity contribution is -0.385. The number of likely N-dealkylation sites (N-methyl/N-ethyl adjacent to an activating group) is 1. The van der Waals surface area contributed by atoms with Gasteiger partial charge >= 0.3 is 33.7 Å². The van der Waals surface area contributed by atoms with Gasteiger partial charge in [-0.3, -0.25) is 59.1 Å². The molecule has 5 aromatic heterocycles. The summed E-state index contributed by atoms with van der Waals surface area (Å²) in [7, 11) is 13.2. The lowest BCUT2D eigenvalue weighted by atomic mass is 10.1. The van der Waals surface area contributed by atoms with Crippen molar-refractivity contribution in [1.82, 2.24) is 43.1 Å². The summed E-state index contributed by atoms with van der Waals surface area (Å²) < 4.78 is 14.9. The monoisotopic (exact) mass is 1400 g/mol. The zero-order chi connectivity index (χ0) is 72.2. The minimum atomic E-state index is -0.609. The van der Waals surface area contributed by atoms with Crippen LogP contribution in [-0.2, 0) is 19.6 Å². The minimum absolute atomic E-state index is 0.0275. The summed E-state index contributed by atoms with van der Waals surface area (Å²) in [4.78, 5) is 130. The maximum absolute atomic E-state index is 13.3. The number of ether oxygens (including phenoxy) is 1. The van der Waals surface area contributed by atoms with Gasteiger partial charge in [-0.15, -0.1) is 11.3 Å². The quantitative estimate of drug-likeness (QED) is 0.0490. The van der Waals surface area contributed by atoms with Crippen molar-refractivity contribution < 1.29 is 38.3 Å². The Morgan fingerprint density at radius 2 is 0.832 bits per heavy atom. The predicted molar refractivity (Wildman–Crippen MR) is 390 cm³/mol. The number of aromatic nitrogens is 3. The summed E-state index contributed by atoms with van der Waals surface area (Å²) in [6, 6.07) is 35.8. The van der Waals surface area contributed by atoms with Crippen molar-refractivity contribution in [2.24, 2.45) is 0 Å². The second kappa shape index (κ2) is 32.9. The number of nitro groups is 3. The molecule has 3 amide bonds. The zero-order valence-electron chi connectivity index (χ0n) is 57.7. The van der Waals surface area contributed by atoms with Crippen LogP contribution in [0.2, 0.25) is 0 Å². The number of hydrogen-bond donors (Lipinski definition) is 0. The second-order valence-electron chi connectivity index (χ2n) is 25.4. The summed E-state index contributed by atoms with van der Waals surface area (Å²) in [6.45, 7) is 8.02. The van der Waals surface area contributed by atoms with Gasteiger partial charge in [0, 0.05) is 126 Å². The Bertz CT molecular complexity index is 4460. The molecule has 0 N–H and O–H groups in total. The van der Waals surface area contributed by atoms with Crippen LogP contribution in [0.3, 0.4) is 0 Å². The topological polar surface area (TPSA) is 298 Å². The van der Waals surface area contributed by atoms with Crippen LogP contribution in [0.5, 0.6) is 5.75 Å². The van der Waals surface area contributed by atoms with Crippen LogP contribution >= 0.6 is 11.3 Å². The number of anilines is 3. The molecule has 0 radical (unpaired) electrons. The summed E-state index contributed by atoms with van der Waals surface area (Å²) in [5.74, 6) is 0.590. The minimum Gasteiger partial charge on any atom is -0.497 e. The van der Waals surface area contributed by atoms with E-state index in [2.05, 4.69) is 0 Å². The maximum atomic E-state index is 13.3. The number of aryl methyl sites for hydroxylation is 2. The van der Waals surface area contributed by atoms with Gasteiger partial charge in [0.2, 0.25) is 0 Å². The second-order valence-corrected chi connectivity index (χ2v) is 26.4. The first kappa shape index (κ1) is 72.9. The standard InChI is InChI=1S/C25H29N5O5.C23H27N5O5.C23H27N5O4S/c1-26(2)12-17-29-21-7-5-4-6-20(21)22(23(25(29)32)30(33)34)27-13-15-28(16-14-27)24(31)18-8-10-19(35-3)11-9-18;2*1-24(2)10-6-11-27-18-8-4-3-7-17(18)20(21(23(27)30)28(31)32)25-12-14-26(15-13-25)22(29)19-9-5-16-33-19/h4-11H,12-17H2,1-3H3;2*3-5,7-9,16H,6,10-15H2,1-2H3. The van der Waals surface area contributed by atoms with Crippen LogP contribution in [0.15, 0.2) is 152 Å². The molecule has 4 aromatic carbocycles. The Labute approximate surface area is 585 Å². The van der Waals surface area contributed by atoms with E-state index in [-0.39, 0.29) is 23.5 Å². The van der Waals surface area contributed by atoms with Gasteiger partial charge < -0.3 is 67.0 Å². The molecule has 0 saturated carbocycles. The number of hydrogen-bond acceptors (Lipinski definition) is 21. The molecule has 0 spiro atoms. The fourth-order valence-corrected chi connectivity index (χ4v) is 13.8. The summed E-state index contributed by atoms with van der Waals surface area (Å²) in [6.07, 6.45) is 2.85. The number of carbonyl (C=O) groups excluding carboxylic acids is 3. The molecule has 29 nitrogen and oxygen atoms in total. The Balaban J connectivity index is 0.000000163. The maximum Gasteiger partial charge on any atom is 0.357 e. The van der Waals surface area contributed by atoms with E-state index in [1.54, 1.807) is 64.3 Å². The van der Waals surface area contributed by atoms with E-state index in [9.17, 15) is 59.1 Å². The van der Waals surface area contributed by atoms with Gasteiger partial charge in [0.1, 0.15) is 22.8 Å². The lowest BCUT2D eigenvalue weighted by Crippen LogP contribution is -2.49. The third kappa shape index (κ3) is 16.4. The molecule has 9 aromatic rings. The van der Waals surface area contributed by atoms with Crippen molar-refractivity contribution in [3.8, 4) is 5.75 Å². The third-order valence-corrected chi connectivity index (χ3v) is 19.0. The Kier molecular flexibility index (Phi) is 23.8. The fraction of sp³-hybridized carbons (Fsp3) is 0.380. The predicted octanol–water partition coefficient (Wildman–Crippen LogP) is 7.74. The van der Waals surface area contributed by atoms with E-state index in [0.29, 0.717) is 184 Å². The average Bonchev–Trinajstić information content (AvgIpc) is 1.23. The molecule has 0 atom stereocenters. The molecule has 532 valence electrons. The number of piperazine rings is 3. The molecule has 0 bridgehead atoms. The highest BCUT2D eigenvalue weighted by Gasteiger charge is 2.36. The van der Waals surface area contributed by atoms with Gasteiger partial charge in [0.25, 0.3) is 17.7 Å². The molecule has 30 heteroatoms. The zero-order valence-corrected chi connectivity index (χ0v) is 58.5. The van der Waals surface area contributed by atoms with Crippen LogP contribution in [0.4, 0.5) is 34.1 Å². The smallest absolute Gasteiger partial charge is 0.357 e. The van der Waals surface area contributed by atoms with Crippen molar-refractivity contribution in [2.75, 3.05) is 162 Å². The first-order chi connectivity index (χ1) is 48.6. The van der Waals surface area contributed by atoms with Gasteiger partial charge in [-0.25, -0.2) is 0 Å². The number of amides is 3. The number of para-hydroxylation sites is 3. The normalized spacial score (nSPS) is 14.2. The van der Waals surface area contributed by atoms with Crippen LogP contribution in [0, 0.1) is 30.3 Å². The highest BCUT2D eigenvalue weighted by Crippen LogP contribution is 2.38. The first-order valence-corrected chi connectivity index (χ1v) is 34.1. The fourth-order valence-electron chi connectivity index (χ4n) is 13.1. The van der Waals surface area contributed by atoms with E-state index in [1.807, 2.05) is 156 Å². The number of nitrogens with zero attached hydrogens (tertiary/aromatic N) is 15. The molecule has 101 heavy (non-hydrogen) atoms. The largest absolute Gasteiger partial charge is 0.497 e. The molecule has 8 heterocycles. The first-order valence-electron chi connectivity index (χ1n) is 33.3. The van der Waals surface area contributed by atoms with Gasteiger partial charge in [-0.2, -0.15) is 0 Å². The number of rotatable bonds is 21. The van der Waals surface area contributed by atoms with Crippen LogP contribution in [0.1, 0.15) is 43.4 Å². The summed E-state index contributed by atoms with van der Waals surface area (Å²) in [5, 5.41) is 40.1. The van der Waals surface area contributed by atoms with Crippen molar-refractivity contribution in [3.63, 3.8) is 0 Å². The van der Waals surface area contributed by atoms with Gasteiger partial charge in [0.15, 0.2) is 5.76 Å². The van der Waals surface area contributed by atoms with Crippen molar-refractivity contribution in [3.05, 3.63) is 211 Å². The molecule has 3 aliphatic heterocycles. The Morgan fingerprint density at radius 3 is 1.18 bits per heavy atom. The average molecular weight is 1400 g/mol. The van der Waals surface area contributed by atoms with E-state index >= 15 is 0 Å². The van der Waals surface area contributed by atoms with Crippen LogP contribution < -0.4 is 36.1 Å². The molecule has 12 rings (SSSR count). The molecule has 0 unspecified atom stereocenters. The molecule has 3 fully saturated rings. The van der Waals surface area contributed by atoms with Crippen LogP contribution in [-0.4, -0.2) is 223 Å². The van der Waals surface area contributed by atoms with E-state index in [4.69, 9.17) is 9.15 Å². The SMILES string of the molecule is CN(C)CCCn1c(=O)c([N+](=O)[O-])c(N2CCN(C(=O)c3ccco3)CC2)c2ccccc21.CN(C)CCCn1c(=O)c([N+](=O)[O-])c(N2CCN(C(=O)c3cccs3)CC2)c2ccccc21.COc1ccc(C(=O)N2CCN(c3c([N+](=O)[O-])c(=O)n(CCN(C)C)c4ccccc34)CC2)cc1. The van der Waals surface area contributed by atoms with E-state index in [1.165, 1.54) is 31.3 Å². The molecule has 3 aliphatic rings. The molecular formula is C71H83N15O14S. The highest BCUT2D eigenvalue weighted by molar-refractivity contribution is 7.12. The van der Waals surface area contributed by atoms with Gasteiger partial charge in [-0.05, 0) is 134 Å². The van der Waals surface area contributed by atoms with Gasteiger partial charge in [-0.1, -0.05) is 60.7 Å². The number of benzene rings is 4. The number of furan rings is 1. The Morgan fingerprint density at radius 1 is 0.455 bits per heavy atom. The number of fused-ring (bicyclic) bond motifs is 3. The van der Waals surface area contributed by atoms with E-state index < -0.39 is 48.5 Å². The summed E-state index contributed by atoms with van der Waals surface area (Å²) in [5.41, 5.74) is 0.591. The molecule has 3 saturated heterocycles. The van der Waals surface area contributed by atoms with E-state index in [0.717, 1.165) is 13.1 Å². The lowest BCUT2D eigenvalue weighted by Gasteiger charge is -2.36. The number of thiophene rings is 1.